The highest BCUT2D eigenvalue weighted by Crippen LogP contribution is 2.26. The molecule has 33 heavy (non-hydrogen) atoms. The molecule has 0 radical (unpaired) electrons. The number of hydrogen-bond donors (Lipinski definition) is 1. The molecular formula is C24H23BrF2N2O4. The van der Waals surface area contributed by atoms with Gasteiger partial charge < -0.3 is 14.8 Å². The fraction of sp³-hybridized carbons (Fsp3) is 0.250. The van der Waals surface area contributed by atoms with E-state index in [4.69, 9.17) is 9.47 Å². The molecule has 0 saturated carbocycles. The van der Waals surface area contributed by atoms with Crippen LogP contribution in [0.25, 0.3) is 5.69 Å². The Kier molecular flexibility index (Phi) is 7.99. The van der Waals surface area contributed by atoms with Crippen LogP contribution in [0.1, 0.15) is 27.2 Å². The fourth-order valence-corrected chi connectivity index (χ4v) is 3.70. The largest absolute Gasteiger partial charge is 0.487 e. The topological polar surface area (TPSA) is 69.6 Å². The molecule has 0 atom stereocenters. The number of nitrogens with zero attached hydrogens (tertiary/aromatic N) is 1. The SMILES string of the molecule is COCCNC(=O)c1ccc(-n2c(C)cc(OCc3ccc(F)cc3F)c(Br)c2=O)c(C)c1. The number of carbonyl (C=O) groups excluding carboxylic acids is 1. The first-order valence-corrected chi connectivity index (χ1v) is 10.9. The highest BCUT2D eigenvalue weighted by Gasteiger charge is 2.17. The van der Waals surface area contributed by atoms with Crippen molar-refractivity contribution in [1.29, 1.82) is 0 Å². The lowest BCUT2D eigenvalue weighted by molar-refractivity contribution is 0.0937. The van der Waals surface area contributed by atoms with E-state index >= 15 is 0 Å². The molecule has 174 valence electrons. The molecule has 0 unspecified atom stereocenters. The molecule has 1 aromatic heterocycles. The van der Waals surface area contributed by atoms with Crippen LogP contribution < -0.4 is 15.6 Å². The molecule has 1 N–H and O–H groups in total. The van der Waals surface area contributed by atoms with E-state index in [9.17, 15) is 18.4 Å². The number of methoxy groups -OCH3 is 1. The van der Waals surface area contributed by atoms with Crippen molar-refractivity contribution in [2.24, 2.45) is 0 Å². The van der Waals surface area contributed by atoms with Crippen molar-refractivity contribution in [3.05, 3.63) is 91.3 Å². The van der Waals surface area contributed by atoms with E-state index in [0.717, 1.165) is 17.7 Å². The van der Waals surface area contributed by atoms with Crippen molar-refractivity contribution < 1.29 is 23.0 Å². The number of benzene rings is 2. The van der Waals surface area contributed by atoms with Gasteiger partial charge in [0.2, 0.25) is 0 Å². The summed E-state index contributed by atoms with van der Waals surface area (Å²) in [5.74, 6) is -1.39. The van der Waals surface area contributed by atoms with Crippen LogP contribution in [-0.4, -0.2) is 30.7 Å². The Labute approximate surface area is 198 Å². The summed E-state index contributed by atoms with van der Waals surface area (Å²) in [7, 11) is 1.56. The molecule has 0 aliphatic carbocycles. The van der Waals surface area contributed by atoms with Gasteiger partial charge in [-0.05, 0) is 65.7 Å². The molecule has 9 heteroatoms. The number of aromatic nitrogens is 1. The van der Waals surface area contributed by atoms with Crippen LogP contribution in [0.5, 0.6) is 5.75 Å². The van der Waals surface area contributed by atoms with Gasteiger partial charge in [0.05, 0.1) is 12.3 Å². The number of rotatable bonds is 8. The molecule has 3 aromatic rings. The van der Waals surface area contributed by atoms with Crippen molar-refractivity contribution >= 4 is 21.8 Å². The normalized spacial score (nSPS) is 10.8. The number of nitrogens with one attached hydrogen (secondary N) is 1. The van der Waals surface area contributed by atoms with Crippen LogP contribution in [0.4, 0.5) is 8.78 Å². The highest BCUT2D eigenvalue weighted by molar-refractivity contribution is 9.10. The van der Waals surface area contributed by atoms with Gasteiger partial charge in [0.1, 0.15) is 28.5 Å². The minimum absolute atomic E-state index is 0.163. The van der Waals surface area contributed by atoms with Crippen molar-refractivity contribution in [3.63, 3.8) is 0 Å². The number of halogens is 3. The van der Waals surface area contributed by atoms with Crippen molar-refractivity contribution in [2.45, 2.75) is 20.5 Å². The predicted molar refractivity (Wildman–Crippen MR) is 124 cm³/mol. The Hall–Kier alpha value is -3.04. The van der Waals surface area contributed by atoms with E-state index in [1.54, 1.807) is 38.3 Å². The average Bonchev–Trinajstić information content (AvgIpc) is 2.77. The van der Waals surface area contributed by atoms with E-state index in [0.29, 0.717) is 30.1 Å². The molecule has 3 rings (SSSR count). The molecule has 0 fully saturated rings. The highest BCUT2D eigenvalue weighted by atomic mass is 79.9. The summed E-state index contributed by atoms with van der Waals surface area (Å²) in [5, 5.41) is 2.76. The van der Waals surface area contributed by atoms with Crippen LogP contribution >= 0.6 is 15.9 Å². The van der Waals surface area contributed by atoms with Crippen LogP contribution in [0.15, 0.2) is 51.7 Å². The van der Waals surface area contributed by atoms with Gasteiger partial charge >= 0.3 is 0 Å². The Morgan fingerprint density at radius 3 is 2.55 bits per heavy atom. The summed E-state index contributed by atoms with van der Waals surface area (Å²) < 4.78 is 39.2. The molecule has 0 bridgehead atoms. The summed E-state index contributed by atoms with van der Waals surface area (Å²) in [5.41, 5.74) is 2.19. The quantitative estimate of drug-likeness (QED) is 0.445. The third-order valence-electron chi connectivity index (χ3n) is 4.99. The second-order valence-corrected chi connectivity index (χ2v) is 8.17. The lowest BCUT2D eigenvalue weighted by atomic mass is 10.1. The first-order valence-electron chi connectivity index (χ1n) is 10.1. The first kappa shape index (κ1) is 24.6. The van der Waals surface area contributed by atoms with Gasteiger partial charge in [0, 0.05) is 42.6 Å². The predicted octanol–water partition coefficient (Wildman–Crippen LogP) is 4.45. The second kappa shape index (κ2) is 10.7. The van der Waals surface area contributed by atoms with E-state index in [2.05, 4.69) is 21.2 Å². The number of pyridine rings is 1. The average molecular weight is 521 g/mol. The summed E-state index contributed by atoms with van der Waals surface area (Å²) in [6.45, 7) is 4.19. The van der Waals surface area contributed by atoms with E-state index in [-0.39, 0.29) is 33.9 Å². The Morgan fingerprint density at radius 1 is 1.12 bits per heavy atom. The molecule has 0 aliphatic rings. The van der Waals surface area contributed by atoms with Crippen molar-refractivity contribution in [1.82, 2.24) is 9.88 Å². The minimum atomic E-state index is -0.724. The Balaban J connectivity index is 1.86. The molecule has 0 saturated heterocycles. The van der Waals surface area contributed by atoms with Crippen LogP contribution in [0.3, 0.4) is 0 Å². The van der Waals surface area contributed by atoms with E-state index in [1.807, 2.05) is 6.92 Å². The Bertz CT molecular complexity index is 1240. The Morgan fingerprint density at radius 2 is 1.88 bits per heavy atom. The summed E-state index contributed by atoms with van der Waals surface area (Å²) in [6.07, 6.45) is 0. The zero-order valence-corrected chi connectivity index (χ0v) is 20.0. The maximum absolute atomic E-state index is 13.9. The zero-order chi connectivity index (χ0) is 24.1. The fourth-order valence-electron chi connectivity index (χ4n) is 3.30. The van der Waals surface area contributed by atoms with Crippen molar-refractivity contribution in [3.8, 4) is 11.4 Å². The van der Waals surface area contributed by atoms with Gasteiger partial charge in [-0.1, -0.05) is 0 Å². The molecule has 2 aromatic carbocycles. The van der Waals surface area contributed by atoms with Gasteiger partial charge in [0.25, 0.3) is 11.5 Å². The lowest BCUT2D eigenvalue weighted by Crippen LogP contribution is -2.27. The van der Waals surface area contributed by atoms with E-state index in [1.165, 1.54) is 10.6 Å². The summed E-state index contributed by atoms with van der Waals surface area (Å²) in [4.78, 5) is 25.4. The second-order valence-electron chi connectivity index (χ2n) is 7.38. The van der Waals surface area contributed by atoms with Crippen molar-refractivity contribution in [2.75, 3.05) is 20.3 Å². The smallest absolute Gasteiger partial charge is 0.273 e. The summed E-state index contributed by atoms with van der Waals surface area (Å²) >= 11 is 3.28. The van der Waals surface area contributed by atoms with Gasteiger partial charge in [-0.2, -0.15) is 0 Å². The number of hydrogen-bond acceptors (Lipinski definition) is 4. The number of carbonyl (C=O) groups is 1. The van der Waals surface area contributed by atoms with Gasteiger partial charge in [-0.3, -0.25) is 14.2 Å². The number of amides is 1. The third-order valence-corrected chi connectivity index (χ3v) is 5.72. The number of aryl methyl sites for hydroxylation is 2. The maximum Gasteiger partial charge on any atom is 0.273 e. The first-order chi connectivity index (χ1) is 15.7. The molecule has 1 amide bonds. The van der Waals surface area contributed by atoms with Crippen LogP contribution in [0, 0.1) is 25.5 Å². The maximum atomic E-state index is 13.9. The minimum Gasteiger partial charge on any atom is -0.487 e. The monoisotopic (exact) mass is 520 g/mol. The molecule has 1 heterocycles. The molecular weight excluding hydrogens is 498 g/mol. The van der Waals surface area contributed by atoms with Crippen LogP contribution in [-0.2, 0) is 11.3 Å². The third kappa shape index (κ3) is 5.66. The van der Waals surface area contributed by atoms with Gasteiger partial charge in [-0.15, -0.1) is 0 Å². The molecule has 0 aliphatic heterocycles. The van der Waals surface area contributed by atoms with Crippen LogP contribution in [0.2, 0.25) is 0 Å². The molecule has 0 spiro atoms. The number of ether oxygens (including phenoxy) is 2. The zero-order valence-electron chi connectivity index (χ0n) is 18.4. The standard InChI is InChI=1S/C24H23BrF2N2O4/c1-14-10-16(23(30)28-8-9-32-3)5-7-20(14)29-15(2)11-21(22(25)24(29)31)33-13-17-4-6-18(26)12-19(17)27/h4-7,10-12H,8-9,13H2,1-3H3,(H,28,30). The van der Waals surface area contributed by atoms with Gasteiger partial charge in [-0.25, -0.2) is 8.78 Å². The lowest BCUT2D eigenvalue weighted by Gasteiger charge is -2.17. The van der Waals surface area contributed by atoms with E-state index < -0.39 is 11.6 Å². The summed E-state index contributed by atoms with van der Waals surface area (Å²) in [6, 6.07) is 9.92. The molecule has 6 nitrogen and oxygen atoms in total. The van der Waals surface area contributed by atoms with Gasteiger partial charge in [0.15, 0.2) is 0 Å².